The third-order valence-electron chi connectivity index (χ3n) is 1.06. The van der Waals surface area contributed by atoms with E-state index in [0.717, 1.165) is 0 Å². The molecule has 0 heterocycles. The van der Waals surface area contributed by atoms with Crippen LogP contribution in [0.25, 0.3) is 0 Å². The molecule has 0 saturated heterocycles. The summed E-state index contributed by atoms with van der Waals surface area (Å²) in [4.78, 5) is 0. The summed E-state index contributed by atoms with van der Waals surface area (Å²) in [5.41, 5.74) is 0. The molecule has 0 aromatic carbocycles. The van der Waals surface area contributed by atoms with Gasteiger partial charge in [0.25, 0.3) is 0 Å². The van der Waals surface area contributed by atoms with Gasteiger partial charge in [-0.2, -0.15) is 6.42 Å². The van der Waals surface area contributed by atoms with E-state index < -0.39 is 0 Å². The molecule has 0 nitrogen and oxygen atoms in total. The fourth-order valence-corrected chi connectivity index (χ4v) is 0.678. The monoisotopic (exact) mass is 219 g/mol. The average Bonchev–Trinajstić information content (AvgIpc) is 1.72. The van der Waals surface area contributed by atoms with Gasteiger partial charge in [0.15, 0.2) is 0 Å². The predicted molar refractivity (Wildman–Crippen MR) is 36.6 cm³/mol. The summed E-state index contributed by atoms with van der Waals surface area (Å²) in [6, 6.07) is 0. The standard InChI is InChI=1S/C6H9.BrH.Ni/c1-2-4-6-5-3-1;;/h1H,2,4-6H2;1H;/q-1;;. The molecule has 0 radical (unpaired) electrons. The Balaban J connectivity index is 0. The largest absolute Gasteiger partial charge is 0.501 e. The van der Waals surface area contributed by atoms with E-state index in [1.807, 2.05) is 0 Å². The molecule has 0 saturated carbocycles. The minimum Gasteiger partial charge on any atom is -0.501 e. The van der Waals surface area contributed by atoms with Gasteiger partial charge in [-0.15, -0.1) is 17.0 Å². The molecule has 0 amide bonds. The zero-order valence-corrected chi connectivity index (χ0v) is 7.33. The van der Waals surface area contributed by atoms with Crippen molar-refractivity contribution in [3.63, 3.8) is 0 Å². The van der Waals surface area contributed by atoms with Crippen LogP contribution in [0.5, 0.6) is 0 Å². The Labute approximate surface area is 71.4 Å². The molecule has 0 aromatic rings. The third-order valence-corrected chi connectivity index (χ3v) is 1.06. The van der Waals surface area contributed by atoms with Crippen LogP contribution in [0.2, 0.25) is 0 Å². The van der Waals surface area contributed by atoms with Crippen molar-refractivity contribution in [3.05, 3.63) is 12.2 Å². The molecule has 1 rings (SSSR count). The van der Waals surface area contributed by atoms with Crippen LogP contribution in [-0.4, -0.2) is 0 Å². The molecular formula is C6H10BrNi-. The third kappa shape index (κ3) is 4.86. The summed E-state index contributed by atoms with van der Waals surface area (Å²) >= 11 is 0. The number of allylic oxidation sites excluding steroid dienone is 2. The van der Waals surface area contributed by atoms with Crippen LogP contribution in [0.3, 0.4) is 0 Å². The summed E-state index contributed by atoms with van der Waals surface area (Å²) in [6.45, 7) is 0. The molecule has 52 valence electrons. The van der Waals surface area contributed by atoms with Crippen LogP contribution in [0.1, 0.15) is 25.7 Å². The van der Waals surface area contributed by atoms with Crippen molar-refractivity contribution in [2.24, 2.45) is 0 Å². The van der Waals surface area contributed by atoms with Gasteiger partial charge in [-0.1, -0.05) is 19.3 Å². The van der Waals surface area contributed by atoms with E-state index >= 15 is 0 Å². The van der Waals surface area contributed by atoms with Crippen LogP contribution < -0.4 is 0 Å². The van der Waals surface area contributed by atoms with E-state index in [-0.39, 0.29) is 33.5 Å². The van der Waals surface area contributed by atoms with Gasteiger partial charge in [0, 0.05) is 16.5 Å². The molecule has 1 aliphatic rings. The van der Waals surface area contributed by atoms with Gasteiger partial charge in [-0.3, -0.25) is 6.08 Å². The molecule has 0 atom stereocenters. The van der Waals surface area contributed by atoms with E-state index in [2.05, 4.69) is 12.2 Å². The summed E-state index contributed by atoms with van der Waals surface area (Å²) in [6.07, 6.45) is 10.5. The SMILES string of the molecule is Br.[C-]1=CCCCC1.[Ni]. The predicted octanol–water partition coefficient (Wildman–Crippen LogP) is 2.50. The summed E-state index contributed by atoms with van der Waals surface area (Å²) < 4.78 is 0. The first-order chi connectivity index (χ1) is 3.00. The smallest absolute Gasteiger partial charge is 0 e. The van der Waals surface area contributed by atoms with Crippen molar-refractivity contribution < 1.29 is 16.5 Å². The van der Waals surface area contributed by atoms with E-state index in [1.165, 1.54) is 25.7 Å². The second-order valence-corrected chi connectivity index (χ2v) is 1.65. The first kappa shape index (κ1) is 11.5. The molecule has 2 heteroatoms. The minimum atomic E-state index is 0. The minimum absolute atomic E-state index is 0. The van der Waals surface area contributed by atoms with Crippen molar-refractivity contribution in [1.29, 1.82) is 0 Å². The number of hydrogen-bond acceptors (Lipinski definition) is 0. The Kier molecular flexibility index (Phi) is 11.1. The van der Waals surface area contributed by atoms with Crippen molar-refractivity contribution in [3.8, 4) is 0 Å². The molecule has 0 aromatic heterocycles. The van der Waals surface area contributed by atoms with Crippen LogP contribution in [0.4, 0.5) is 0 Å². The molecular weight excluding hydrogens is 211 g/mol. The maximum Gasteiger partial charge on any atom is 0 e. The molecule has 8 heavy (non-hydrogen) atoms. The molecule has 0 bridgehead atoms. The Bertz CT molecular complexity index is 53.5. The molecule has 0 N–H and O–H groups in total. The zero-order valence-electron chi connectivity index (χ0n) is 4.63. The van der Waals surface area contributed by atoms with Gasteiger partial charge in [-0.05, 0) is 0 Å². The zero-order chi connectivity index (χ0) is 4.24. The van der Waals surface area contributed by atoms with Crippen LogP contribution in [0.15, 0.2) is 6.08 Å². The Morgan fingerprint density at radius 1 is 1.25 bits per heavy atom. The maximum absolute atomic E-state index is 3.16. The average molecular weight is 221 g/mol. The normalized spacial score (nSPS) is 16.0. The molecule has 0 aliphatic heterocycles. The second kappa shape index (κ2) is 7.71. The van der Waals surface area contributed by atoms with E-state index in [1.54, 1.807) is 0 Å². The fourth-order valence-electron chi connectivity index (χ4n) is 0.678. The molecule has 0 fully saturated rings. The first-order valence-electron chi connectivity index (χ1n) is 2.55. The number of hydrogen-bond donors (Lipinski definition) is 0. The number of halogens is 1. The van der Waals surface area contributed by atoms with Gasteiger partial charge in [0.2, 0.25) is 0 Å². The van der Waals surface area contributed by atoms with Crippen LogP contribution >= 0.6 is 17.0 Å². The number of rotatable bonds is 0. The maximum atomic E-state index is 3.16. The molecule has 1 aliphatic carbocycles. The van der Waals surface area contributed by atoms with E-state index in [0.29, 0.717) is 0 Å². The van der Waals surface area contributed by atoms with Crippen molar-refractivity contribution in [2.75, 3.05) is 0 Å². The van der Waals surface area contributed by atoms with Crippen LogP contribution in [0, 0.1) is 6.08 Å². The molecule has 0 unspecified atom stereocenters. The van der Waals surface area contributed by atoms with E-state index in [4.69, 9.17) is 0 Å². The first-order valence-corrected chi connectivity index (χ1v) is 2.55. The van der Waals surface area contributed by atoms with Gasteiger partial charge < -0.3 is 6.08 Å². The Hall–Kier alpha value is 0.714. The fraction of sp³-hybridized carbons (Fsp3) is 0.667. The second-order valence-electron chi connectivity index (χ2n) is 1.65. The Morgan fingerprint density at radius 2 is 2.00 bits per heavy atom. The van der Waals surface area contributed by atoms with Gasteiger partial charge in [-0.25, -0.2) is 0 Å². The van der Waals surface area contributed by atoms with Crippen molar-refractivity contribution in [1.82, 2.24) is 0 Å². The summed E-state index contributed by atoms with van der Waals surface area (Å²) in [7, 11) is 0. The van der Waals surface area contributed by atoms with E-state index in [9.17, 15) is 0 Å². The Morgan fingerprint density at radius 3 is 2.12 bits per heavy atom. The van der Waals surface area contributed by atoms with Crippen molar-refractivity contribution >= 4 is 17.0 Å². The van der Waals surface area contributed by atoms with Crippen molar-refractivity contribution in [2.45, 2.75) is 25.7 Å². The quantitative estimate of drug-likeness (QED) is 0.435. The van der Waals surface area contributed by atoms with Crippen LogP contribution in [-0.2, 0) is 16.5 Å². The van der Waals surface area contributed by atoms with Gasteiger partial charge >= 0.3 is 0 Å². The molecule has 0 spiro atoms. The van der Waals surface area contributed by atoms with Gasteiger partial charge in [0.1, 0.15) is 0 Å². The summed E-state index contributed by atoms with van der Waals surface area (Å²) in [5, 5.41) is 0. The summed E-state index contributed by atoms with van der Waals surface area (Å²) in [5.74, 6) is 0. The topological polar surface area (TPSA) is 0 Å². The van der Waals surface area contributed by atoms with Gasteiger partial charge in [0.05, 0.1) is 0 Å².